The van der Waals surface area contributed by atoms with Gasteiger partial charge in [-0.25, -0.2) is 0 Å². The molecular formula is C14H30N2. The predicted octanol–water partition coefficient (Wildman–Crippen LogP) is 2.89. The Morgan fingerprint density at radius 1 is 1.25 bits per heavy atom. The fourth-order valence-corrected chi connectivity index (χ4v) is 2.81. The summed E-state index contributed by atoms with van der Waals surface area (Å²) in [6.45, 7) is 5.81. The summed E-state index contributed by atoms with van der Waals surface area (Å²) < 4.78 is 0. The molecule has 1 N–H and O–H groups in total. The van der Waals surface area contributed by atoms with E-state index in [9.17, 15) is 0 Å². The van der Waals surface area contributed by atoms with Crippen molar-refractivity contribution in [3.63, 3.8) is 0 Å². The maximum atomic E-state index is 3.54. The normalized spacial score (nSPS) is 22.3. The molecule has 0 heterocycles. The number of rotatable bonds is 6. The Morgan fingerprint density at radius 3 is 2.38 bits per heavy atom. The second-order valence-electron chi connectivity index (χ2n) is 5.49. The summed E-state index contributed by atoms with van der Waals surface area (Å²) in [4.78, 5) is 2.51. The minimum absolute atomic E-state index is 0.694. The lowest BCUT2D eigenvalue weighted by molar-refractivity contribution is 0.178. The van der Waals surface area contributed by atoms with Gasteiger partial charge in [-0.15, -0.1) is 0 Å². The second kappa shape index (κ2) is 7.29. The maximum absolute atomic E-state index is 3.54. The van der Waals surface area contributed by atoms with Gasteiger partial charge in [0.2, 0.25) is 0 Å². The van der Waals surface area contributed by atoms with E-state index < -0.39 is 0 Å². The van der Waals surface area contributed by atoms with Crippen LogP contribution in [0.5, 0.6) is 0 Å². The molecule has 0 aromatic rings. The Balaban J connectivity index is 2.40. The van der Waals surface area contributed by atoms with Gasteiger partial charge in [0, 0.05) is 18.6 Å². The third kappa shape index (κ3) is 4.06. The average molecular weight is 226 g/mol. The Morgan fingerprint density at radius 2 is 1.88 bits per heavy atom. The summed E-state index contributed by atoms with van der Waals surface area (Å²) in [5.74, 6) is 0.908. The molecule has 2 atom stereocenters. The molecular weight excluding hydrogens is 196 g/mol. The van der Waals surface area contributed by atoms with Crippen LogP contribution >= 0.6 is 0 Å². The van der Waals surface area contributed by atoms with Gasteiger partial charge in [0.15, 0.2) is 0 Å². The largest absolute Gasteiger partial charge is 0.315 e. The van der Waals surface area contributed by atoms with Gasteiger partial charge in [-0.05, 0) is 46.2 Å². The Hall–Kier alpha value is -0.0800. The molecule has 2 nitrogen and oxygen atoms in total. The van der Waals surface area contributed by atoms with E-state index in [1.165, 1.54) is 45.1 Å². The van der Waals surface area contributed by atoms with Gasteiger partial charge in [-0.3, -0.25) is 0 Å². The maximum Gasteiger partial charge on any atom is 0.0220 e. The van der Waals surface area contributed by atoms with Gasteiger partial charge >= 0.3 is 0 Å². The fraction of sp³-hybridized carbons (Fsp3) is 1.00. The van der Waals surface area contributed by atoms with Crippen molar-refractivity contribution in [2.45, 2.75) is 64.5 Å². The third-order valence-electron chi connectivity index (χ3n) is 4.42. The standard InChI is InChI=1S/C14H30N2/c1-5-12(2)16(4)11-14(15-3)13-9-7-6-8-10-13/h12-15H,5-11H2,1-4H3. The first-order valence-electron chi connectivity index (χ1n) is 7.06. The van der Waals surface area contributed by atoms with E-state index in [1.54, 1.807) is 0 Å². The number of likely N-dealkylation sites (N-methyl/N-ethyl adjacent to an activating group) is 2. The monoisotopic (exact) mass is 226 g/mol. The van der Waals surface area contributed by atoms with E-state index in [0.29, 0.717) is 12.1 Å². The van der Waals surface area contributed by atoms with Crippen molar-refractivity contribution < 1.29 is 0 Å². The molecule has 1 fully saturated rings. The van der Waals surface area contributed by atoms with Crippen LogP contribution in [0.3, 0.4) is 0 Å². The summed E-state index contributed by atoms with van der Waals surface area (Å²) in [5, 5.41) is 3.54. The fourth-order valence-electron chi connectivity index (χ4n) is 2.81. The van der Waals surface area contributed by atoms with Gasteiger partial charge in [0.05, 0.1) is 0 Å². The van der Waals surface area contributed by atoms with E-state index in [0.717, 1.165) is 5.92 Å². The summed E-state index contributed by atoms with van der Waals surface area (Å²) in [6, 6.07) is 1.40. The molecule has 1 rings (SSSR count). The minimum Gasteiger partial charge on any atom is -0.315 e. The number of nitrogens with one attached hydrogen (secondary N) is 1. The van der Waals surface area contributed by atoms with E-state index in [2.05, 4.69) is 38.2 Å². The van der Waals surface area contributed by atoms with Gasteiger partial charge in [-0.2, -0.15) is 0 Å². The van der Waals surface area contributed by atoms with Gasteiger partial charge in [0.25, 0.3) is 0 Å². The molecule has 96 valence electrons. The quantitative estimate of drug-likeness (QED) is 0.749. The van der Waals surface area contributed by atoms with Crippen LogP contribution in [0.25, 0.3) is 0 Å². The summed E-state index contributed by atoms with van der Waals surface area (Å²) in [5.41, 5.74) is 0. The lowest BCUT2D eigenvalue weighted by atomic mass is 9.83. The van der Waals surface area contributed by atoms with Crippen molar-refractivity contribution in [2.24, 2.45) is 5.92 Å². The molecule has 0 radical (unpaired) electrons. The van der Waals surface area contributed by atoms with E-state index in [1.807, 2.05) is 0 Å². The Bertz CT molecular complexity index is 176. The topological polar surface area (TPSA) is 15.3 Å². The third-order valence-corrected chi connectivity index (χ3v) is 4.42. The molecule has 1 aliphatic rings. The highest BCUT2D eigenvalue weighted by Crippen LogP contribution is 2.26. The second-order valence-corrected chi connectivity index (χ2v) is 5.49. The number of hydrogen-bond donors (Lipinski definition) is 1. The van der Waals surface area contributed by atoms with Crippen LogP contribution in [0.1, 0.15) is 52.4 Å². The molecule has 2 unspecified atom stereocenters. The minimum atomic E-state index is 0.694. The van der Waals surface area contributed by atoms with Crippen molar-refractivity contribution in [1.29, 1.82) is 0 Å². The molecule has 0 aliphatic heterocycles. The lowest BCUT2D eigenvalue weighted by Gasteiger charge is -2.35. The molecule has 0 saturated heterocycles. The summed E-state index contributed by atoms with van der Waals surface area (Å²) in [7, 11) is 4.39. The summed E-state index contributed by atoms with van der Waals surface area (Å²) >= 11 is 0. The van der Waals surface area contributed by atoms with Crippen molar-refractivity contribution in [3.8, 4) is 0 Å². The van der Waals surface area contributed by atoms with Crippen molar-refractivity contribution in [2.75, 3.05) is 20.6 Å². The Kier molecular flexibility index (Phi) is 6.37. The van der Waals surface area contributed by atoms with Crippen LogP contribution in [0.15, 0.2) is 0 Å². The number of nitrogens with zero attached hydrogens (tertiary/aromatic N) is 1. The Labute approximate surface area is 102 Å². The highest BCUT2D eigenvalue weighted by Gasteiger charge is 2.24. The molecule has 0 bridgehead atoms. The molecule has 16 heavy (non-hydrogen) atoms. The van der Waals surface area contributed by atoms with Crippen LogP contribution in [-0.2, 0) is 0 Å². The highest BCUT2D eigenvalue weighted by atomic mass is 15.1. The molecule has 1 aliphatic carbocycles. The molecule has 1 saturated carbocycles. The van der Waals surface area contributed by atoms with E-state index in [4.69, 9.17) is 0 Å². The van der Waals surface area contributed by atoms with Gasteiger partial charge in [0.1, 0.15) is 0 Å². The first-order chi connectivity index (χ1) is 7.69. The van der Waals surface area contributed by atoms with Crippen molar-refractivity contribution in [3.05, 3.63) is 0 Å². The van der Waals surface area contributed by atoms with Crippen LogP contribution in [-0.4, -0.2) is 37.6 Å². The lowest BCUT2D eigenvalue weighted by Crippen LogP contribution is -2.45. The SMILES string of the molecule is CCC(C)N(C)CC(NC)C1CCCCC1. The first kappa shape index (κ1) is 14.0. The van der Waals surface area contributed by atoms with Gasteiger partial charge in [-0.1, -0.05) is 26.2 Å². The highest BCUT2D eigenvalue weighted by molar-refractivity contribution is 4.81. The molecule has 2 heteroatoms. The van der Waals surface area contributed by atoms with Crippen molar-refractivity contribution >= 4 is 0 Å². The smallest absolute Gasteiger partial charge is 0.0220 e. The first-order valence-corrected chi connectivity index (χ1v) is 7.06. The molecule has 0 aromatic carbocycles. The predicted molar refractivity (Wildman–Crippen MR) is 71.8 cm³/mol. The molecule has 0 amide bonds. The zero-order valence-electron chi connectivity index (χ0n) is 11.6. The van der Waals surface area contributed by atoms with E-state index >= 15 is 0 Å². The zero-order valence-corrected chi connectivity index (χ0v) is 11.6. The van der Waals surface area contributed by atoms with Crippen LogP contribution in [0.4, 0.5) is 0 Å². The van der Waals surface area contributed by atoms with E-state index in [-0.39, 0.29) is 0 Å². The zero-order chi connectivity index (χ0) is 12.0. The molecule has 0 spiro atoms. The number of hydrogen-bond acceptors (Lipinski definition) is 2. The van der Waals surface area contributed by atoms with Crippen LogP contribution in [0.2, 0.25) is 0 Å². The van der Waals surface area contributed by atoms with Crippen molar-refractivity contribution in [1.82, 2.24) is 10.2 Å². The average Bonchev–Trinajstić information content (AvgIpc) is 2.35. The van der Waals surface area contributed by atoms with Gasteiger partial charge < -0.3 is 10.2 Å². The molecule has 0 aromatic heterocycles. The summed E-state index contributed by atoms with van der Waals surface area (Å²) in [6.07, 6.45) is 8.44. The van der Waals surface area contributed by atoms with Crippen LogP contribution < -0.4 is 5.32 Å². The van der Waals surface area contributed by atoms with Crippen LogP contribution in [0, 0.1) is 5.92 Å².